The van der Waals surface area contributed by atoms with Crippen molar-refractivity contribution in [3.8, 4) is 0 Å². The number of carboxylic acid groups (broad SMARTS) is 1. The van der Waals surface area contributed by atoms with Gasteiger partial charge < -0.3 is 25.0 Å². The highest BCUT2D eigenvalue weighted by molar-refractivity contribution is 5.74. The number of carboxylic acids is 1. The van der Waals surface area contributed by atoms with E-state index in [-0.39, 0.29) is 17.7 Å². The smallest absolute Gasteiger partial charge is 0.475 e. The van der Waals surface area contributed by atoms with Crippen LogP contribution in [0, 0.1) is 0 Å². The van der Waals surface area contributed by atoms with Gasteiger partial charge in [-0.15, -0.1) is 0 Å². The van der Waals surface area contributed by atoms with Crippen LogP contribution in [-0.2, 0) is 9.53 Å². The summed E-state index contributed by atoms with van der Waals surface area (Å²) in [6.07, 6.45) is -2.14. The van der Waals surface area contributed by atoms with E-state index in [0.717, 1.165) is 39.0 Å². The molecule has 24 heavy (non-hydrogen) atoms. The molecule has 0 aromatic heterocycles. The van der Waals surface area contributed by atoms with Crippen LogP contribution in [0.5, 0.6) is 0 Å². The molecule has 2 saturated heterocycles. The Balaban J connectivity index is 0.000000351. The van der Waals surface area contributed by atoms with Gasteiger partial charge in [0.1, 0.15) is 0 Å². The lowest BCUT2D eigenvalue weighted by atomic mass is 9.89. The summed E-state index contributed by atoms with van der Waals surface area (Å²) in [7, 11) is 5.67. The normalized spacial score (nSPS) is 27.3. The van der Waals surface area contributed by atoms with Crippen LogP contribution < -0.4 is 5.32 Å². The number of nitrogens with zero attached hydrogens (tertiary/aromatic N) is 2. The molecule has 0 bridgehead atoms. The zero-order valence-corrected chi connectivity index (χ0v) is 14.0. The van der Waals surface area contributed by atoms with Crippen molar-refractivity contribution in [2.75, 3.05) is 40.8 Å². The van der Waals surface area contributed by atoms with Gasteiger partial charge in [-0.05, 0) is 26.3 Å². The number of carbonyl (C=O) groups excluding carboxylic acids is 1. The second kappa shape index (κ2) is 8.02. The summed E-state index contributed by atoms with van der Waals surface area (Å²) < 4.78 is 37.7. The molecule has 1 spiro atoms. The Bertz CT molecular complexity index is 455. The molecule has 10 heteroatoms. The third-order valence-electron chi connectivity index (χ3n) is 3.98. The van der Waals surface area contributed by atoms with Crippen LogP contribution in [0.1, 0.15) is 19.3 Å². The van der Waals surface area contributed by atoms with Gasteiger partial charge in [0, 0.05) is 39.8 Å². The molecule has 140 valence electrons. The van der Waals surface area contributed by atoms with Crippen molar-refractivity contribution in [2.45, 2.75) is 37.1 Å². The highest BCUT2D eigenvalue weighted by Crippen LogP contribution is 2.33. The van der Waals surface area contributed by atoms with Crippen LogP contribution in [0.25, 0.3) is 0 Å². The molecule has 2 aliphatic rings. The van der Waals surface area contributed by atoms with E-state index in [0.29, 0.717) is 0 Å². The minimum atomic E-state index is -5.08. The van der Waals surface area contributed by atoms with Crippen LogP contribution in [0.3, 0.4) is 0 Å². The number of hydrogen-bond acceptors (Lipinski definition) is 4. The molecule has 0 saturated carbocycles. The van der Waals surface area contributed by atoms with E-state index < -0.39 is 12.1 Å². The maximum absolute atomic E-state index is 11.6. The predicted octanol–water partition coefficient (Wildman–Crippen LogP) is 1.14. The van der Waals surface area contributed by atoms with Gasteiger partial charge in [0.15, 0.2) is 0 Å². The van der Waals surface area contributed by atoms with E-state index in [1.54, 1.807) is 19.0 Å². The van der Waals surface area contributed by atoms with Gasteiger partial charge in [-0.3, -0.25) is 0 Å². The molecular weight excluding hydrogens is 331 g/mol. The molecule has 0 unspecified atom stereocenters. The molecular formula is C14H24F3N3O4. The maximum atomic E-state index is 11.6. The summed E-state index contributed by atoms with van der Waals surface area (Å²) in [4.78, 5) is 24.4. The number of rotatable bonds is 1. The summed E-state index contributed by atoms with van der Waals surface area (Å²) in [6.45, 7) is 2.84. The average molecular weight is 355 g/mol. The summed E-state index contributed by atoms with van der Waals surface area (Å²) in [5, 5.41) is 10.2. The number of carbonyl (C=O) groups is 2. The van der Waals surface area contributed by atoms with Crippen molar-refractivity contribution >= 4 is 12.0 Å². The molecule has 0 aromatic rings. The van der Waals surface area contributed by atoms with Crippen LogP contribution in [-0.4, -0.2) is 85.6 Å². The van der Waals surface area contributed by atoms with E-state index in [1.165, 1.54) is 0 Å². The first-order valence-electron chi connectivity index (χ1n) is 7.56. The first-order chi connectivity index (χ1) is 10.9. The topological polar surface area (TPSA) is 82.1 Å². The number of likely N-dealkylation sites (N-methyl/N-ethyl adjacent to an activating group) is 1. The summed E-state index contributed by atoms with van der Waals surface area (Å²) in [5.41, 5.74) is -0.0166. The van der Waals surface area contributed by atoms with Gasteiger partial charge >= 0.3 is 18.2 Å². The van der Waals surface area contributed by atoms with Gasteiger partial charge in [0.2, 0.25) is 0 Å². The monoisotopic (exact) mass is 355 g/mol. The van der Waals surface area contributed by atoms with E-state index in [2.05, 4.69) is 17.3 Å². The molecule has 7 nitrogen and oxygen atoms in total. The second-order valence-electron chi connectivity index (χ2n) is 6.36. The van der Waals surface area contributed by atoms with Crippen molar-refractivity contribution in [1.82, 2.24) is 15.1 Å². The quantitative estimate of drug-likeness (QED) is 0.737. The number of urea groups is 1. The lowest BCUT2D eigenvalue weighted by molar-refractivity contribution is -0.192. The Morgan fingerprint density at radius 3 is 2.38 bits per heavy atom. The number of halogens is 3. The number of ether oxygens (including phenoxy) is 1. The lowest BCUT2D eigenvalue weighted by Gasteiger charge is -2.38. The summed E-state index contributed by atoms with van der Waals surface area (Å²) >= 11 is 0. The van der Waals surface area contributed by atoms with Crippen molar-refractivity contribution in [3.05, 3.63) is 0 Å². The number of aliphatic carboxylic acids is 1. The summed E-state index contributed by atoms with van der Waals surface area (Å²) in [5.74, 6) is -2.76. The van der Waals surface area contributed by atoms with Crippen molar-refractivity contribution < 1.29 is 32.6 Å². The summed E-state index contributed by atoms with van der Waals surface area (Å²) in [6, 6.07) is 0.253. The van der Waals surface area contributed by atoms with Crippen LogP contribution in [0.2, 0.25) is 0 Å². The van der Waals surface area contributed by atoms with Crippen LogP contribution in [0.4, 0.5) is 18.0 Å². The number of amides is 2. The fraction of sp³-hybridized carbons (Fsp3) is 0.857. The minimum absolute atomic E-state index is 0.00148. The van der Waals surface area contributed by atoms with Crippen molar-refractivity contribution in [3.63, 3.8) is 0 Å². The Labute approximate surface area is 138 Å². The fourth-order valence-corrected chi connectivity index (χ4v) is 2.78. The number of hydrogen-bond donors (Lipinski definition) is 2. The van der Waals surface area contributed by atoms with E-state index in [1.807, 2.05) is 0 Å². The first kappa shape index (κ1) is 20.5. The first-order valence-corrected chi connectivity index (χ1v) is 7.56. The Kier molecular flexibility index (Phi) is 6.85. The molecule has 2 aliphatic heterocycles. The standard InChI is InChI=1S/C12H23N3O2.C2HF3O2/c1-14(2)11(16)13-10-4-7-17-12(8-10)5-6-15(3)9-12;3-2(4,5)1(6)7/h10H,4-9H2,1-3H3,(H,13,16);(H,6,7)/t10-,12+;/m0./s1. The fourth-order valence-electron chi connectivity index (χ4n) is 2.78. The number of alkyl halides is 3. The highest BCUT2D eigenvalue weighted by Gasteiger charge is 2.42. The zero-order valence-electron chi connectivity index (χ0n) is 14.0. The average Bonchev–Trinajstić information content (AvgIpc) is 2.79. The molecule has 2 atom stereocenters. The van der Waals surface area contributed by atoms with E-state index in [4.69, 9.17) is 14.6 Å². The Hall–Kier alpha value is -1.55. The third-order valence-corrected chi connectivity index (χ3v) is 3.98. The number of likely N-dealkylation sites (tertiary alicyclic amines) is 1. The minimum Gasteiger partial charge on any atom is -0.475 e. The SMILES string of the molecule is CN1CC[C@@]2(C[C@@H](NC(=O)N(C)C)CCO2)C1.O=C(O)C(F)(F)F. The third kappa shape index (κ3) is 6.16. The van der Waals surface area contributed by atoms with Gasteiger partial charge in [-0.2, -0.15) is 13.2 Å². The van der Waals surface area contributed by atoms with Crippen molar-refractivity contribution in [1.29, 1.82) is 0 Å². The highest BCUT2D eigenvalue weighted by atomic mass is 19.4. The van der Waals surface area contributed by atoms with Gasteiger partial charge in [-0.25, -0.2) is 9.59 Å². The predicted molar refractivity (Wildman–Crippen MR) is 79.7 cm³/mol. The van der Waals surface area contributed by atoms with Gasteiger partial charge in [0.05, 0.1) is 5.60 Å². The largest absolute Gasteiger partial charge is 0.490 e. The molecule has 2 N–H and O–H groups in total. The van der Waals surface area contributed by atoms with E-state index in [9.17, 15) is 18.0 Å². The molecule has 0 aliphatic carbocycles. The van der Waals surface area contributed by atoms with Gasteiger partial charge in [0.25, 0.3) is 0 Å². The molecule has 2 heterocycles. The maximum Gasteiger partial charge on any atom is 0.490 e. The molecule has 2 amide bonds. The molecule has 0 aromatic carbocycles. The van der Waals surface area contributed by atoms with E-state index >= 15 is 0 Å². The Morgan fingerprint density at radius 2 is 1.96 bits per heavy atom. The zero-order chi connectivity index (χ0) is 18.5. The molecule has 2 fully saturated rings. The van der Waals surface area contributed by atoms with Crippen LogP contribution in [0.15, 0.2) is 0 Å². The van der Waals surface area contributed by atoms with Crippen LogP contribution >= 0.6 is 0 Å². The lowest BCUT2D eigenvalue weighted by Crippen LogP contribution is -2.51. The molecule has 0 radical (unpaired) electrons. The molecule has 2 rings (SSSR count). The number of nitrogens with one attached hydrogen (secondary N) is 1. The van der Waals surface area contributed by atoms with Crippen molar-refractivity contribution in [2.24, 2.45) is 0 Å². The Morgan fingerprint density at radius 1 is 1.38 bits per heavy atom. The van der Waals surface area contributed by atoms with Gasteiger partial charge in [-0.1, -0.05) is 0 Å². The second-order valence-corrected chi connectivity index (χ2v) is 6.36.